The normalized spacial score (nSPS) is 26.9. The second-order valence-electron chi connectivity index (χ2n) is 8.47. The number of anilines is 1. The zero-order valence-electron chi connectivity index (χ0n) is 15.7. The van der Waals surface area contributed by atoms with E-state index in [0.29, 0.717) is 44.9 Å². The first kappa shape index (κ1) is 16.8. The number of para-hydroxylation sites is 1. The van der Waals surface area contributed by atoms with Crippen LogP contribution in [-0.2, 0) is 19.8 Å². The van der Waals surface area contributed by atoms with E-state index < -0.39 is 5.41 Å². The molecule has 0 bridgehead atoms. The fourth-order valence-corrected chi connectivity index (χ4v) is 5.20. The number of piperidine rings is 1. The summed E-state index contributed by atoms with van der Waals surface area (Å²) in [6, 6.07) is 8.38. The summed E-state index contributed by atoms with van der Waals surface area (Å²) in [6.45, 7) is 1.75. The molecule has 142 valence electrons. The number of hydrogen-bond acceptors (Lipinski definition) is 3. The minimum Gasteiger partial charge on any atom is -0.342 e. The maximum Gasteiger partial charge on any atom is 0.237 e. The summed E-state index contributed by atoms with van der Waals surface area (Å²) < 4.78 is 0. The lowest BCUT2D eigenvalue weighted by Gasteiger charge is -2.39. The maximum absolute atomic E-state index is 13.0. The van der Waals surface area contributed by atoms with Gasteiger partial charge in [-0.05, 0) is 37.3 Å². The van der Waals surface area contributed by atoms with Crippen LogP contribution in [0.25, 0.3) is 0 Å². The van der Waals surface area contributed by atoms with Crippen molar-refractivity contribution in [3.05, 3.63) is 29.8 Å². The number of benzene rings is 1. The highest BCUT2D eigenvalue weighted by Gasteiger charge is 2.52. The van der Waals surface area contributed by atoms with Gasteiger partial charge in [0.05, 0.1) is 11.3 Å². The van der Waals surface area contributed by atoms with Crippen LogP contribution in [0.15, 0.2) is 24.3 Å². The molecule has 3 aliphatic heterocycles. The first-order valence-electron chi connectivity index (χ1n) is 9.97. The quantitative estimate of drug-likeness (QED) is 0.797. The Hall–Kier alpha value is -2.37. The average Bonchev–Trinajstić information content (AvgIpc) is 3.44. The Morgan fingerprint density at radius 1 is 1.11 bits per heavy atom. The van der Waals surface area contributed by atoms with Crippen LogP contribution in [0.1, 0.15) is 37.7 Å². The van der Waals surface area contributed by atoms with E-state index in [1.54, 1.807) is 4.90 Å². The number of likely N-dealkylation sites (N-methyl/N-ethyl adjacent to an activating group) is 1. The fourth-order valence-electron chi connectivity index (χ4n) is 5.20. The molecule has 27 heavy (non-hydrogen) atoms. The van der Waals surface area contributed by atoms with Gasteiger partial charge in [-0.2, -0.15) is 0 Å². The van der Waals surface area contributed by atoms with Crippen molar-refractivity contribution in [1.82, 2.24) is 9.80 Å². The van der Waals surface area contributed by atoms with E-state index in [1.807, 2.05) is 35.0 Å². The summed E-state index contributed by atoms with van der Waals surface area (Å²) in [6.07, 6.45) is 3.82. The van der Waals surface area contributed by atoms with E-state index in [2.05, 4.69) is 6.07 Å². The van der Waals surface area contributed by atoms with E-state index in [9.17, 15) is 14.4 Å². The van der Waals surface area contributed by atoms with Gasteiger partial charge in [-0.15, -0.1) is 0 Å². The molecule has 0 unspecified atom stereocenters. The number of carbonyl (C=O) groups excluding carboxylic acids is 3. The number of fused-ring (bicyclic) bond motifs is 2. The van der Waals surface area contributed by atoms with Gasteiger partial charge in [0.1, 0.15) is 0 Å². The highest BCUT2D eigenvalue weighted by molar-refractivity contribution is 6.08. The molecule has 4 aliphatic rings. The van der Waals surface area contributed by atoms with Crippen molar-refractivity contribution in [2.75, 3.05) is 31.6 Å². The van der Waals surface area contributed by atoms with Gasteiger partial charge in [0, 0.05) is 44.8 Å². The molecule has 0 aromatic heterocycles. The molecule has 1 atom stereocenters. The molecular formula is C21H25N3O3. The SMILES string of the molecule is CN1C(=O)C2(CCN(C(=O)[C@H]3CC(=O)N(C4CC4)C3)CC2)c2ccccc21. The van der Waals surface area contributed by atoms with Crippen LogP contribution in [0.5, 0.6) is 0 Å². The zero-order valence-corrected chi connectivity index (χ0v) is 15.7. The molecule has 0 N–H and O–H groups in total. The third-order valence-corrected chi connectivity index (χ3v) is 6.92. The molecule has 1 saturated carbocycles. The molecular weight excluding hydrogens is 342 g/mol. The van der Waals surface area contributed by atoms with Crippen LogP contribution in [0, 0.1) is 5.92 Å². The number of amides is 3. The predicted octanol–water partition coefficient (Wildman–Crippen LogP) is 1.53. The van der Waals surface area contributed by atoms with Crippen molar-refractivity contribution in [3.63, 3.8) is 0 Å². The first-order valence-corrected chi connectivity index (χ1v) is 9.97. The standard InChI is InChI=1S/C21H25N3O3/c1-22-17-5-3-2-4-16(17)21(20(22)27)8-10-23(11-9-21)19(26)14-12-18(25)24(13-14)15-6-7-15/h2-5,14-15H,6-13H2,1H3/t14-/m0/s1. The summed E-state index contributed by atoms with van der Waals surface area (Å²) >= 11 is 0. The molecule has 1 aromatic rings. The Balaban J connectivity index is 1.30. The molecule has 3 amide bonds. The molecule has 3 heterocycles. The maximum atomic E-state index is 13.0. The smallest absolute Gasteiger partial charge is 0.237 e. The van der Waals surface area contributed by atoms with Crippen molar-refractivity contribution in [2.24, 2.45) is 5.92 Å². The number of rotatable bonds is 2. The topological polar surface area (TPSA) is 60.9 Å². The van der Waals surface area contributed by atoms with E-state index in [1.165, 1.54) is 0 Å². The van der Waals surface area contributed by atoms with Gasteiger partial charge >= 0.3 is 0 Å². The van der Waals surface area contributed by atoms with Gasteiger partial charge in [0.25, 0.3) is 0 Å². The van der Waals surface area contributed by atoms with Gasteiger partial charge in [-0.1, -0.05) is 18.2 Å². The summed E-state index contributed by atoms with van der Waals surface area (Å²) in [4.78, 5) is 43.7. The van der Waals surface area contributed by atoms with Gasteiger partial charge in [0.2, 0.25) is 17.7 Å². The molecule has 1 aliphatic carbocycles. The predicted molar refractivity (Wildman–Crippen MR) is 100 cm³/mol. The van der Waals surface area contributed by atoms with Crippen LogP contribution >= 0.6 is 0 Å². The van der Waals surface area contributed by atoms with Crippen LogP contribution in [0.4, 0.5) is 5.69 Å². The minimum absolute atomic E-state index is 0.0911. The monoisotopic (exact) mass is 367 g/mol. The highest BCUT2D eigenvalue weighted by Crippen LogP contribution is 2.47. The Kier molecular flexibility index (Phi) is 3.61. The molecule has 5 rings (SSSR count). The largest absolute Gasteiger partial charge is 0.342 e. The van der Waals surface area contributed by atoms with Crippen molar-refractivity contribution < 1.29 is 14.4 Å². The van der Waals surface area contributed by atoms with Crippen LogP contribution in [0.3, 0.4) is 0 Å². The number of likely N-dealkylation sites (tertiary alicyclic amines) is 2. The third-order valence-electron chi connectivity index (χ3n) is 6.92. The zero-order chi connectivity index (χ0) is 18.8. The number of hydrogen-bond donors (Lipinski definition) is 0. The molecule has 6 heteroatoms. The highest BCUT2D eigenvalue weighted by atomic mass is 16.2. The third kappa shape index (κ3) is 2.42. The van der Waals surface area contributed by atoms with Crippen molar-refractivity contribution in [3.8, 4) is 0 Å². The van der Waals surface area contributed by atoms with Crippen LogP contribution < -0.4 is 4.90 Å². The summed E-state index contributed by atoms with van der Waals surface area (Å²) in [5, 5.41) is 0. The average molecular weight is 367 g/mol. The van der Waals surface area contributed by atoms with Crippen LogP contribution in [-0.4, -0.2) is 60.2 Å². The van der Waals surface area contributed by atoms with E-state index in [-0.39, 0.29) is 23.6 Å². The summed E-state index contributed by atoms with van der Waals surface area (Å²) in [7, 11) is 1.84. The molecule has 2 saturated heterocycles. The van der Waals surface area contributed by atoms with Gasteiger partial charge < -0.3 is 14.7 Å². The van der Waals surface area contributed by atoms with E-state index in [4.69, 9.17) is 0 Å². The van der Waals surface area contributed by atoms with E-state index in [0.717, 1.165) is 24.1 Å². The van der Waals surface area contributed by atoms with Crippen molar-refractivity contribution >= 4 is 23.4 Å². The number of nitrogens with zero attached hydrogens (tertiary/aromatic N) is 3. The molecule has 1 spiro atoms. The second kappa shape index (κ2) is 5.81. The van der Waals surface area contributed by atoms with Gasteiger partial charge in [-0.3, -0.25) is 14.4 Å². The first-order chi connectivity index (χ1) is 13.0. The van der Waals surface area contributed by atoms with E-state index >= 15 is 0 Å². The lowest BCUT2D eigenvalue weighted by atomic mass is 9.73. The number of carbonyl (C=O) groups is 3. The van der Waals surface area contributed by atoms with Gasteiger partial charge in [0.15, 0.2) is 0 Å². The van der Waals surface area contributed by atoms with Crippen molar-refractivity contribution in [1.29, 1.82) is 0 Å². The Labute approximate surface area is 159 Å². The van der Waals surface area contributed by atoms with Crippen molar-refractivity contribution in [2.45, 2.75) is 43.6 Å². The lowest BCUT2D eigenvalue weighted by molar-refractivity contribution is -0.139. The second-order valence-corrected chi connectivity index (χ2v) is 8.47. The Morgan fingerprint density at radius 2 is 1.81 bits per heavy atom. The van der Waals surface area contributed by atoms with Gasteiger partial charge in [-0.25, -0.2) is 0 Å². The molecule has 0 radical (unpaired) electrons. The van der Waals surface area contributed by atoms with Crippen LogP contribution in [0.2, 0.25) is 0 Å². The molecule has 6 nitrogen and oxygen atoms in total. The molecule has 1 aromatic carbocycles. The Morgan fingerprint density at radius 3 is 2.52 bits per heavy atom. The Bertz CT molecular complexity index is 824. The summed E-state index contributed by atoms with van der Waals surface area (Å²) in [5.41, 5.74) is 1.59. The molecule has 3 fully saturated rings. The fraction of sp³-hybridized carbons (Fsp3) is 0.571. The minimum atomic E-state index is -0.492. The lowest BCUT2D eigenvalue weighted by Crippen LogP contribution is -2.51. The summed E-state index contributed by atoms with van der Waals surface area (Å²) in [5.74, 6) is 0.160.